The highest BCUT2D eigenvalue weighted by atomic mass is 16.5. The second-order valence-corrected chi connectivity index (χ2v) is 6.11. The number of rotatable bonds is 7. The third-order valence-electron chi connectivity index (χ3n) is 3.48. The van der Waals surface area contributed by atoms with Crippen molar-refractivity contribution in [2.75, 3.05) is 39.5 Å². The number of hydrogen-bond acceptors (Lipinski definition) is 4. The summed E-state index contributed by atoms with van der Waals surface area (Å²) in [5.41, 5.74) is 3.49. The SMILES string of the molecule is CC(C)COc1ccc(C=NNC(=O)C[NH+]2CCOCC2)cc1. The second kappa shape index (κ2) is 9.27. The van der Waals surface area contributed by atoms with E-state index in [2.05, 4.69) is 24.4 Å². The first kappa shape index (κ1) is 17.4. The van der Waals surface area contributed by atoms with Crippen LogP contribution in [0.4, 0.5) is 0 Å². The fourth-order valence-corrected chi connectivity index (χ4v) is 2.20. The molecule has 1 saturated heterocycles. The van der Waals surface area contributed by atoms with Gasteiger partial charge < -0.3 is 14.4 Å². The van der Waals surface area contributed by atoms with Gasteiger partial charge in [-0.15, -0.1) is 0 Å². The Balaban J connectivity index is 1.72. The molecule has 0 radical (unpaired) electrons. The summed E-state index contributed by atoms with van der Waals surface area (Å²) >= 11 is 0. The van der Waals surface area contributed by atoms with E-state index in [9.17, 15) is 4.79 Å². The van der Waals surface area contributed by atoms with Crippen molar-refractivity contribution in [2.24, 2.45) is 11.0 Å². The van der Waals surface area contributed by atoms with Gasteiger partial charge in [-0.2, -0.15) is 5.10 Å². The minimum atomic E-state index is -0.0740. The lowest BCUT2D eigenvalue weighted by Gasteiger charge is -2.22. The molecule has 1 aliphatic heterocycles. The molecule has 6 nitrogen and oxygen atoms in total. The van der Waals surface area contributed by atoms with Crippen LogP contribution in [-0.2, 0) is 9.53 Å². The Kier molecular flexibility index (Phi) is 7.03. The Bertz CT molecular complexity index is 508. The molecule has 0 aromatic heterocycles. The summed E-state index contributed by atoms with van der Waals surface area (Å²) in [6.07, 6.45) is 1.64. The van der Waals surface area contributed by atoms with Crippen LogP contribution in [0.3, 0.4) is 0 Å². The topological polar surface area (TPSA) is 64.4 Å². The second-order valence-electron chi connectivity index (χ2n) is 6.11. The number of amides is 1. The molecule has 0 unspecified atom stereocenters. The maximum absolute atomic E-state index is 11.8. The first-order valence-electron chi connectivity index (χ1n) is 8.09. The predicted molar refractivity (Wildman–Crippen MR) is 88.9 cm³/mol. The van der Waals surface area contributed by atoms with Gasteiger partial charge in [-0.3, -0.25) is 4.79 Å². The maximum Gasteiger partial charge on any atom is 0.295 e. The molecule has 0 saturated carbocycles. The minimum absolute atomic E-state index is 0.0740. The number of benzene rings is 1. The van der Waals surface area contributed by atoms with Crippen molar-refractivity contribution in [3.8, 4) is 5.75 Å². The molecular weight excluding hydrogens is 294 g/mol. The minimum Gasteiger partial charge on any atom is -0.493 e. The van der Waals surface area contributed by atoms with Crippen LogP contribution in [0.2, 0.25) is 0 Å². The molecule has 6 heteroatoms. The number of morpholine rings is 1. The number of nitrogens with zero attached hydrogens (tertiary/aromatic N) is 1. The van der Waals surface area contributed by atoms with E-state index in [0.717, 1.165) is 37.6 Å². The molecule has 1 heterocycles. The number of hydrogen-bond donors (Lipinski definition) is 2. The zero-order chi connectivity index (χ0) is 16.5. The van der Waals surface area contributed by atoms with Crippen molar-refractivity contribution in [3.63, 3.8) is 0 Å². The first-order valence-corrected chi connectivity index (χ1v) is 8.09. The highest BCUT2D eigenvalue weighted by Gasteiger charge is 2.16. The zero-order valence-electron chi connectivity index (χ0n) is 13.9. The normalized spacial score (nSPS) is 16.0. The molecule has 1 aromatic carbocycles. The molecule has 2 rings (SSSR count). The molecule has 126 valence electrons. The largest absolute Gasteiger partial charge is 0.493 e. The molecule has 0 bridgehead atoms. The van der Waals surface area contributed by atoms with Gasteiger partial charge in [-0.05, 0) is 35.7 Å². The fourth-order valence-electron chi connectivity index (χ4n) is 2.20. The summed E-state index contributed by atoms with van der Waals surface area (Å²) in [7, 11) is 0. The lowest BCUT2D eigenvalue weighted by atomic mass is 10.2. The van der Waals surface area contributed by atoms with E-state index in [0.29, 0.717) is 19.1 Å². The van der Waals surface area contributed by atoms with Crippen molar-refractivity contribution >= 4 is 12.1 Å². The van der Waals surface area contributed by atoms with Crippen molar-refractivity contribution in [3.05, 3.63) is 29.8 Å². The van der Waals surface area contributed by atoms with Gasteiger partial charge in [-0.25, -0.2) is 5.43 Å². The molecule has 1 aromatic rings. The van der Waals surface area contributed by atoms with Gasteiger partial charge in [0.15, 0.2) is 6.54 Å². The summed E-state index contributed by atoms with van der Waals surface area (Å²) in [6.45, 7) is 8.54. The summed E-state index contributed by atoms with van der Waals surface area (Å²) in [5.74, 6) is 1.27. The number of carbonyl (C=O) groups is 1. The third-order valence-corrected chi connectivity index (χ3v) is 3.48. The average molecular weight is 320 g/mol. The summed E-state index contributed by atoms with van der Waals surface area (Å²) in [5, 5.41) is 4.00. The predicted octanol–water partition coefficient (Wildman–Crippen LogP) is 0.0866. The molecule has 0 aliphatic carbocycles. The smallest absolute Gasteiger partial charge is 0.295 e. The Hall–Kier alpha value is -1.92. The summed E-state index contributed by atoms with van der Waals surface area (Å²) in [6, 6.07) is 7.64. The molecule has 0 spiro atoms. The third kappa shape index (κ3) is 6.80. The number of carbonyl (C=O) groups excluding carboxylic acids is 1. The average Bonchev–Trinajstić information content (AvgIpc) is 2.55. The van der Waals surface area contributed by atoms with Crippen LogP contribution in [-0.4, -0.2) is 51.6 Å². The van der Waals surface area contributed by atoms with Gasteiger partial charge in [-0.1, -0.05) is 13.8 Å². The molecule has 23 heavy (non-hydrogen) atoms. The van der Waals surface area contributed by atoms with Crippen LogP contribution in [0.25, 0.3) is 0 Å². The molecule has 1 amide bonds. The van der Waals surface area contributed by atoms with Gasteiger partial charge in [0, 0.05) is 0 Å². The first-order chi connectivity index (χ1) is 11.1. The van der Waals surface area contributed by atoms with Crippen molar-refractivity contribution in [2.45, 2.75) is 13.8 Å². The quantitative estimate of drug-likeness (QED) is 0.553. The summed E-state index contributed by atoms with van der Waals surface area (Å²) in [4.78, 5) is 13.0. The number of hydrazone groups is 1. The van der Waals surface area contributed by atoms with Gasteiger partial charge in [0.05, 0.1) is 26.0 Å². The molecular formula is C17H26N3O3+. The molecule has 0 atom stereocenters. The van der Waals surface area contributed by atoms with E-state index in [1.165, 1.54) is 4.90 Å². The van der Waals surface area contributed by atoms with E-state index in [1.807, 2.05) is 24.3 Å². The van der Waals surface area contributed by atoms with E-state index >= 15 is 0 Å². The highest BCUT2D eigenvalue weighted by Crippen LogP contribution is 2.12. The van der Waals surface area contributed by atoms with Crippen LogP contribution >= 0.6 is 0 Å². The number of nitrogens with one attached hydrogen (secondary N) is 2. The number of quaternary nitrogens is 1. The molecule has 1 aliphatic rings. The van der Waals surface area contributed by atoms with Crippen LogP contribution in [0, 0.1) is 5.92 Å². The van der Waals surface area contributed by atoms with Gasteiger partial charge in [0.1, 0.15) is 18.8 Å². The van der Waals surface area contributed by atoms with Gasteiger partial charge in [0.2, 0.25) is 0 Å². The van der Waals surface area contributed by atoms with Gasteiger partial charge in [0.25, 0.3) is 5.91 Å². The maximum atomic E-state index is 11.8. The lowest BCUT2D eigenvalue weighted by Crippen LogP contribution is -3.15. The van der Waals surface area contributed by atoms with Crippen molar-refractivity contribution in [1.29, 1.82) is 0 Å². The Labute approximate surface area is 137 Å². The molecule has 2 N–H and O–H groups in total. The zero-order valence-corrected chi connectivity index (χ0v) is 13.9. The van der Waals surface area contributed by atoms with E-state index in [4.69, 9.17) is 9.47 Å². The van der Waals surface area contributed by atoms with E-state index in [1.54, 1.807) is 6.21 Å². The Morgan fingerprint density at radius 2 is 2.04 bits per heavy atom. The Morgan fingerprint density at radius 1 is 1.35 bits per heavy atom. The molecule has 1 fully saturated rings. The highest BCUT2D eigenvalue weighted by molar-refractivity contribution is 5.82. The van der Waals surface area contributed by atoms with Gasteiger partial charge >= 0.3 is 0 Å². The van der Waals surface area contributed by atoms with E-state index < -0.39 is 0 Å². The van der Waals surface area contributed by atoms with E-state index in [-0.39, 0.29) is 5.91 Å². The van der Waals surface area contributed by atoms with Crippen LogP contribution in [0.5, 0.6) is 5.75 Å². The monoisotopic (exact) mass is 320 g/mol. The van der Waals surface area contributed by atoms with Crippen LogP contribution in [0.1, 0.15) is 19.4 Å². The van der Waals surface area contributed by atoms with Crippen molar-refractivity contribution in [1.82, 2.24) is 5.43 Å². The standard InChI is InChI=1S/C17H25N3O3/c1-14(2)13-23-16-5-3-15(4-6-16)11-18-19-17(21)12-20-7-9-22-10-8-20/h3-6,11,14H,7-10,12-13H2,1-2H3,(H,19,21)/p+1. The van der Waals surface area contributed by atoms with Crippen molar-refractivity contribution < 1.29 is 19.2 Å². The fraction of sp³-hybridized carbons (Fsp3) is 0.529. The summed E-state index contributed by atoms with van der Waals surface area (Å²) < 4.78 is 10.9. The number of ether oxygens (including phenoxy) is 2. The van der Waals surface area contributed by atoms with Crippen LogP contribution in [0.15, 0.2) is 29.4 Å². The van der Waals surface area contributed by atoms with Crippen LogP contribution < -0.4 is 15.1 Å². The Morgan fingerprint density at radius 3 is 2.70 bits per heavy atom. The lowest BCUT2D eigenvalue weighted by molar-refractivity contribution is -0.900.